The highest BCUT2D eigenvalue weighted by Crippen LogP contribution is 2.10. The maximum atomic E-state index is 12.6. The molecule has 0 aliphatic carbocycles. The molecule has 1 fully saturated rings. The van der Waals surface area contributed by atoms with Crippen LogP contribution in [0.15, 0.2) is 42.7 Å². The van der Waals surface area contributed by atoms with Crippen molar-refractivity contribution in [2.45, 2.75) is 6.04 Å². The average molecular weight is 257 g/mol. The van der Waals surface area contributed by atoms with E-state index in [4.69, 9.17) is 0 Å². The fourth-order valence-electron chi connectivity index (χ4n) is 2.30. The number of nitrogens with zero attached hydrogens (tertiary/aromatic N) is 4. The van der Waals surface area contributed by atoms with Crippen LogP contribution in [-0.4, -0.2) is 46.6 Å². The molecule has 0 amide bonds. The molecule has 1 aliphatic rings. The molecule has 1 saturated heterocycles. The number of ketones is 1. The molecular weight excluding hydrogens is 242 g/mol. The molecule has 1 aromatic carbocycles. The van der Waals surface area contributed by atoms with E-state index in [1.807, 2.05) is 35.3 Å². The monoisotopic (exact) mass is 257 g/mol. The van der Waals surface area contributed by atoms with Crippen LogP contribution in [0.3, 0.4) is 0 Å². The highest BCUT2D eigenvalue weighted by molar-refractivity contribution is 6.01. The maximum Gasteiger partial charge on any atom is 0.188 e. The van der Waals surface area contributed by atoms with Crippen LogP contribution in [0.2, 0.25) is 0 Å². The standard InChI is InChI=1S/C13H15N5O/c19-13(11-4-2-1-3-5-11)12-10-14-6-8-17(12)18-9-7-15-16-18/h1-5,7,9,12,14H,6,8,10H2. The summed E-state index contributed by atoms with van der Waals surface area (Å²) in [7, 11) is 0. The Bertz CT molecular complexity index is 539. The van der Waals surface area contributed by atoms with E-state index in [0.29, 0.717) is 6.54 Å². The first kappa shape index (κ1) is 11.9. The number of hydrogen-bond acceptors (Lipinski definition) is 5. The van der Waals surface area contributed by atoms with E-state index in [1.54, 1.807) is 17.2 Å². The SMILES string of the molecule is O=C(c1ccccc1)C1CNCCN1n1ccnn1. The van der Waals surface area contributed by atoms with Crippen molar-refractivity contribution in [2.24, 2.45) is 0 Å². The number of nitrogens with one attached hydrogen (secondary N) is 1. The van der Waals surface area contributed by atoms with Gasteiger partial charge in [-0.15, -0.1) is 5.10 Å². The molecule has 6 nitrogen and oxygen atoms in total. The summed E-state index contributed by atoms with van der Waals surface area (Å²) in [6, 6.07) is 9.10. The molecule has 1 aromatic heterocycles. The molecule has 0 spiro atoms. The topological polar surface area (TPSA) is 63.1 Å². The third kappa shape index (κ3) is 2.34. The first-order valence-corrected chi connectivity index (χ1v) is 6.29. The molecule has 19 heavy (non-hydrogen) atoms. The Morgan fingerprint density at radius 1 is 1.32 bits per heavy atom. The van der Waals surface area contributed by atoms with Crippen LogP contribution in [0.4, 0.5) is 0 Å². The summed E-state index contributed by atoms with van der Waals surface area (Å²) in [5, 5.41) is 13.0. The second kappa shape index (κ2) is 5.19. The zero-order valence-corrected chi connectivity index (χ0v) is 10.4. The Morgan fingerprint density at radius 2 is 2.16 bits per heavy atom. The number of rotatable bonds is 3. The van der Waals surface area contributed by atoms with Crippen molar-refractivity contribution in [3.63, 3.8) is 0 Å². The Kier molecular flexibility index (Phi) is 3.24. The smallest absolute Gasteiger partial charge is 0.188 e. The highest BCUT2D eigenvalue weighted by Gasteiger charge is 2.30. The number of aromatic nitrogens is 3. The fourth-order valence-corrected chi connectivity index (χ4v) is 2.30. The zero-order valence-electron chi connectivity index (χ0n) is 10.4. The van der Waals surface area contributed by atoms with Gasteiger partial charge >= 0.3 is 0 Å². The summed E-state index contributed by atoms with van der Waals surface area (Å²) >= 11 is 0. The summed E-state index contributed by atoms with van der Waals surface area (Å²) in [6.07, 6.45) is 3.38. The van der Waals surface area contributed by atoms with Gasteiger partial charge in [0.25, 0.3) is 0 Å². The predicted octanol–water partition coefficient (Wildman–Crippen LogP) is 0.0708. The molecule has 1 aliphatic heterocycles. The molecule has 3 rings (SSSR count). The molecule has 0 radical (unpaired) electrons. The van der Waals surface area contributed by atoms with Gasteiger partial charge < -0.3 is 5.32 Å². The number of carbonyl (C=O) groups is 1. The summed E-state index contributed by atoms with van der Waals surface area (Å²) in [5.74, 6) is 0.100. The van der Waals surface area contributed by atoms with Gasteiger partial charge in [-0.25, -0.2) is 0 Å². The van der Waals surface area contributed by atoms with E-state index < -0.39 is 0 Å². The van der Waals surface area contributed by atoms with E-state index in [9.17, 15) is 4.79 Å². The quantitative estimate of drug-likeness (QED) is 0.788. The molecular formula is C13H15N5O. The van der Waals surface area contributed by atoms with Crippen LogP contribution in [0.5, 0.6) is 0 Å². The molecule has 6 heteroatoms. The van der Waals surface area contributed by atoms with Gasteiger partial charge in [0.1, 0.15) is 6.04 Å². The Hall–Kier alpha value is -2.21. The normalized spacial score (nSPS) is 19.4. The van der Waals surface area contributed by atoms with Crippen LogP contribution in [0.25, 0.3) is 0 Å². The van der Waals surface area contributed by atoms with Crippen LogP contribution in [0.1, 0.15) is 10.4 Å². The largest absolute Gasteiger partial charge is 0.312 e. The van der Waals surface area contributed by atoms with E-state index >= 15 is 0 Å². The molecule has 0 saturated carbocycles. The van der Waals surface area contributed by atoms with Crippen LogP contribution in [0, 0.1) is 0 Å². The van der Waals surface area contributed by atoms with E-state index in [1.165, 1.54) is 0 Å². The van der Waals surface area contributed by atoms with Crippen molar-refractivity contribution in [1.29, 1.82) is 0 Å². The van der Waals surface area contributed by atoms with E-state index in [2.05, 4.69) is 15.6 Å². The molecule has 1 N–H and O–H groups in total. The number of hydrogen-bond donors (Lipinski definition) is 1. The lowest BCUT2D eigenvalue weighted by Crippen LogP contribution is -2.59. The lowest BCUT2D eigenvalue weighted by Gasteiger charge is -2.35. The number of benzene rings is 1. The summed E-state index contributed by atoms with van der Waals surface area (Å²) in [6.45, 7) is 2.18. The lowest BCUT2D eigenvalue weighted by atomic mass is 10.0. The second-order valence-electron chi connectivity index (χ2n) is 4.44. The van der Waals surface area contributed by atoms with Crippen molar-refractivity contribution in [1.82, 2.24) is 20.4 Å². The third-order valence-electron chi connectivity index (χ3n) is 3.25. The van der Waals surface area contributed by atoms with Gasteiger partial charge in [-0.2, -0.15) is 4.79 Å². The zero-order chi connectivity index (χ0) is 13.1. The number of piperazine rings is 1. The number of carbonyl (C=O) groups excluding carboxylic acids is 1. The van der Waals surface area contributed by atoms with Gasteiger partial charge in [0.2, 0.25) is 0 Å². The molecule has 1 unspecified atom stereocenters. The van der Waals surface area contributed by atoms with Gasteiger partial charge in [0.05, 0.1) is 12.4 Å². The van der Waals surface area contributed by atoms with Crippen LogP contribution in [-0.2, 0) is 0 Å². The predicted molar refractivity (Wildman–Crippen MR) is 70.5 cm³/mol. The first-order valence-electron chi connectivity index (χ1n) is 6.29. The van der Waals surface area contributed by atoms with Gasteiger partial charge in [-0.3, -0.25) is 9.80 Å². The van der Waals surface area contributed by atoms with E-state index in [-0.39, 0.29) is 11.8 Å². The van der Waals surface area contributed by atoms with Gasteiger partial charge in [-0.1, -0.05) is 30.3 Å². The molecule has 2 aromatic rings. The van der Waals surface area contributed by atoms with Crippen molar-refractivity contribution >= 4 is 5.78 Å². The Labute approximate surface area is 111 Å². The summed E-state index contributed by atoms with van der Waals surface area (Å²) in [5.41, 5.74) is 0.723. The minimum atomic E-state index is -0.252. The summed E-state index contributed by atoms with van der Waals surface area (Å²) in [4.78, 5) is 14.2. The average Bonchev–Trinajstić information content (AvgIpc) is 3.01. The first-order chi connectivity index (χ1) is 9.36. The third-order valence-corrected chi connectivity index (χ3v) is 3.25. The van der Waals surface area contributed by atoms with Crippen LogP contribution < -0.4 is 10.3 Å². The minimum absolute atomic E-state index is 0.100. The Morgan fingerprint density at radius 3 is 2.89 bits per heavy atom. The minimum Gasteiger partial charge on any atom is -0.312 e. The molecule has 1 atom stereocenters. The van der Waals surface area contributed by atoms with Crippen LogP contribution >= 0.6 is 0 Å². The molecule has 98 valence electrons. The van der Waals surface area contributed by atoms with Crippen molar-refractivity contribution in [2.75, 3.05) is 24.6 Å². The van der Waals surface area contributed by atoms with Gasteiger partial charge in [0.15, 0.2) is 5.78 Å². The van der Waals surface area contributed by atoms with Gasteiger partial charge in [-0.05, 0) is 5.21 Å². The lowest BCUT2D eigenvalue weighted by molar-refractivity contribution is 0.0934. The van der Waals surface area contributed by atoms with E-state index in [0.717, 1.165) is 18.7 Å². The van der Waals surface area contributed by atoms with Crippen molar-refractivity contribution in [3.05, 3.63) is 48.3 Å². The fraction of sp³-hybridized carbons (Fsp3) is 0.308. The maximum absolute atomic E-state index is 12.6. The second-order valence-corrected chi connectivity index (χ2v) is 4.44. The Balaban J connectivity index is 1.87. The van der Waals surface area contributed by atoms with Gasteiger partial charge in [0, 0.05) is 25.2 Å². The molecule has 2 heterocycles. The summed E-state index contributed by atoms with van der Waals surface area (Å²) < 4.78 is 0. The van der Waals surface area contributed by atoms with Crippen molar-refractivity contribution in [3.8, 4) is 0 Å². The number of Topliss-reactive ketones (excluding diaryl/α,β-unsaturated/α-hetero) is 1. The van der Waals surface area contributed by atoms with Crippen molar-refractivity contribution < 1.29 is 4.79 Å². The highest BCUT2D eigenvalue weighted by atomic mass is 16.1. The molecule has 0 bridgehead atoms.